The van der Waals surface area contributed by atoms with Crippen LogP contribution in [0.2, 0.25) is 0 Å². The van der Waals surface area contributed by atoms with Gasteiger partial charge in [-0.3, -0.25) is 14.8 Å². The Morgan fingerprint density at radius 1 is 1.28 bits per heavy atom. The number of rotatable bonds is 7. The molecule has 0 unspecified atom stereocenters. The molecule has 0 aliphatic rings. The summed E-state index contributed by atoms with van der Waals surface area (Å²) >= 11 is 0. The second-order valence-electron chi connectivity index (χ2n) is 5.60. The van der Waals surface area contributed by atoms with Crippen LogP contribution in [0.5, 0.6) is 5.75 Å². The number of ether oxygens (including phenoxy) is 1. The second-order valence-corrected chi connectivity index (χ2v) is 5.60. The maximum absolute atomic E-state index is 12.3. The number of urea groups is 1. The monoisotopic (exact) mass is 342 g/mol. The van der Waals surface area contributed by atoms with Crippen LogP contribution in [0.25, 0.3) is 0 Å². The zero-order valence-corrected chi connectivity index (χ0v) is 14.6. The van der Waals surface area contributed by atoms with Gasteiger partial charge in [0.2, 0.25) is 0 Å². The van der Waals surface area contributed by atoms with Gasteiger partial charge < -0.3 is 15.4 Å². The summed E-state index contributed by atoms with van der Waals surface area (Å²) in [5, 5.41) is 5.58. The normalized spacial score (nSPS) is 11.5. The minimum atomic E-state index is -0.377. The van der Waals surface area contributed by atoms with E-state index in [4.69, 9.17) is 4.74 Å². The van der Waals surface area contributed by atoms with Crippen LogP contribution >= 0.6 is 0 Å². The van der Waals surface area contributed by atoms with Gasteiger partial charge in [0.15, 0.2) is 5.78 Å². The summed E-state index contributed by atoms with van der Waals surface area (Å²) in [6, 6.07) is 4.45. The van der Waals surface area contributed by atoms with E-state index < -0.39 is 0 Å². The number of hydrogen-bond donors (Lipinski definition) is 2. The molecule has 7 heteroatoms. The summed E-state index contributed by atoms with van der Waals surface area (Å²) in [7, 11) is 0. The molecule has 2 amide bonds. The van der Waals surface area contributed by atoms with Gasteiger partial charge in [0.05, 0.1) is 18.0 Å². The summed E-state index contributed by atoms with van der Waals surface area (Å²) in [5.74, 6) is 0.437. The molecule has 0 aliphatic carbocycles. The molecule has 25 heavy (non-hydrogen) atoms. The number of Topliss-reactive ketones (excluding diaryl/α,β-unsaturated/α-hetero) is 1. The van der Waals surface area contributed by atoms with Crippen LogP contribution in [0.4, 0.5) is 10.5 Å². The van der Waals surface area contributed by atoms with Crippen LogP contribution < -0.4 is 15.4 Å². The fraction of sp³-hybridized carbons (Fsp3) is 0.333. The number of aromatic nitrogens is 2. The third-order valence-corrected chi connectivity index (χ3v) is 3.44. The van der Waals surface area contributed by atoms with Crippen molar-refractivity contribution in [2.45, 2.75) is 33.2 Å². The van der Waals surface area contributed by atoms with E-state index in [2.05, 4.69) is 20.6 Å². The van der Waals surface area contributed by atoms with Crippen molar-refractivity contribution in [2.75, 3.05) is 11.9 Å². The molecule has 0 bridgehead atoms. The first-order chi connectivity index (χ1) is 12.0. The number of amides is 2. The molecule has 2 aromatic rings. The van der Waals surface area contributed by atoms with Crippen LogP contribution in [0, 0.1) is 0 Å². The highest BCUT2D eigenvalue weighted by molar-refractivity contribution is 5.98. The van der Waals surface area contributed by atoms with Crippen molar-refractivity contribution in [3.8, 4) is 5.75 Å². The van der Waals surface area contributed by atoms with Crippen molar-refractivity contribution in [2.24, 2.45) is 0 Å². The van der Waals surface area contributed by atoms with Gasteiger partial charge in [-0.25, -0.2) is 4.79 Å². The Morgan fingerprint density at radius 2 is 2.08 bits per heavy atom. The van der Waals surface area contributed by atoms with E-state index in [1.165, 1.54) is 6.92 Å². The van der Waals surface area contributed by atoms with Gasteiger partial charge in [-0.2, -0.15) is 0 Å². The number of carbonyl (C=O) groups excluding carboxylic acids is 2. The number of hydrogen-bond acceptors (Lipinski definition) is 5. The quantitative estimate of drug-likeness (QED) is 0.755. The lowest BCUT2D eigenvalue weighted by atomic mass is 10.1. The molecule has 0 saturated heterocycles. The molecule has 1 heterocycles. The summed E-state index contributed by atoms with van der Waals surface area (Å²) in [5.41, 5.74) is 1.76. The molecule has 2 N–H and O–H groups in total. The van der Waals surface area contributed by atoms with Gasteiger partial charge in [0, 0.05) is 36.6 Å². The minimum absolute atomic E-state index is 0.0810. The molecular formula is C18H22N4O3. The van der Waals surface area contributed by atoms with Crippen LogP contribution in [0.1, 0.15) is 36.8 Å². The minimum Gasteiger partial charge on any atom is -0.492 e. The Balaban J connectivity index is 2.03. The summed E-state index contributed by atoms with van der Waals surface area (Å²) in [6.07, 6.45) is 5.45. The van der Waals surface area contributed by atoms with E-state index in [9.17, 15) is 9.59 Å². The Morgan fingerprint density at radius 3 is 2.72 bits per heavy atom. The van der Waals surface area contributed by atoms with Crippen molar-refractivity contribution in [1.29, 1.82) is 0 Å². The largest absolute Gasteiger partial charge is 0.492 e. The molecule has 0 aliphatic heterocycles. The third-order valence-electron chi connectivity index (χ3n) is 3.44. The molecule has 1 atom stereocenters. The third kappa shape index (κ3) is 5.56. The van der Waals surface area contributed by atoms with E-state index in [1.54, 1.807) is 36.8 Å². The highest BCUT2D eigenvalue weighted by atomic mass is 16.5. The zero-order valence-electron chi connectivity index (χ0n) is 14.6. The first-order valence-electron chi connectivity index (χ1n) is 8.09. The van der Waals surface area contributed by atoms with E-state index in [1.807, 2.05) is 13.8 Å². The average molecular weight is 342 g/mol. The molecule has 0 radical (unpaired) electrons. The van der Waals surface area contributed by atoms with Crippen LogP contribution in [0.15, 0.2) is 36.8 Å². The van der Waals surface area contributed by atoms with Gasteiger partial charge in [0.25, 0.3) is 0 Å². The molecule has 7 nitrogen and oxygen atoms in total. The maximum atomic E-state index is 12.3. The van der Waals surface area contributed by atoms with Gasteiger partial charge in [0.1, 0.15) is 5.75 Å². The molecule has 0 fully saturated rings. The van der Waals surface area contributed by atoms with E-state index in [-0.39, 0.29) is 17.9 Å². The van der Waals surface area contributed by atoms with E-state index >= 15 is 0 Å². The fourth-order valence-corrected chi connectivity index (χ4v) is 2.31. The van der Waals surface area contributed by atoms with E-state index in [0.717, 1.165) is 5.69 Å². The summed E-state index contributed by atoms with van der Waals surface area (Å²) < 4.78 is 5.50. The summed E-state index contributed by atoms with van der Waals surface area (Å²) in [6.45, 7) is 5.66. The number of nitrogens with zero attached hydrogens (tertiary/aromatic N) is 2. The zero-order chi connectivity index (χ0) is 18.2. The van der Waals surface area contributed by atoms with Crippen LogP contribution in [0.3, 0.4) is 0 Å². The van der Waals surface area contributed by atoms with Crippen molar-refractivity contribution in [1.82, 2.24) is 15.3 Å². The van der Waals surface area contributed by atoms with Crippen molar-refractivity contribution >= 4 is 17.5 Å². The molecule has 1 aromatic heterocycles. The lowest BCUT2D eigenvalue weighted by Gasteiger charge is -2.16. The SMILES string of the molecule is CCOc1ccc(C(C)=O)cc1NC(=O)N[C@@H](C)Cc1cnccn1. The lowest BCUT2D eigenvalue weighted by Crippen LogP contribution is -2.37. The van der Waals surface area contributed by atoms with Crippen molar-refractivity contribution < 1.29 is 14.3 Å². The van der Waals surface area contributed by atoms with Gasteiger partial charge in [-0.05, 0) is 39.0 Å². The molecule has 0 spiro atoms. The number of ketones is 1. The van der Waals surface area contributed by atoms with Gasteiger partial charge in [-0.15, -0.1) is 0 Å². The van der Waals surface area contributed by atoms with Crippen LogP contribution in [-0.2, 0) is 6.42 Å². The predicted molar refractivity (Wildman–Crippen MR) is 95.0 cm³/mol. The Labute approximate surface area is 146 Å². The molecular weight excluding hydrogens is 320 g/mol. The fourth-order valence-electron chi connectivity index (χ4n) is 2.31. The highest BCUT2D eigenvalue weighted by Gasteiger charge is 2.13. The first-order valence-corrected chi connectivity index (χ1v) is 8.09. The Kier molecular flexibility index (Phi) is 6.45. The van der Waals surface area contributed by atoms with Crippen LogP contribution in [-0.4, -0.2) is 34.4 Å². The second kappa shape index (κ2) is 8.77. The van der Waals surface area contributed by atoms with Crippen molar-refractivity contribution in [3.05, 3.63) is 48.0 Å². The first kappa shape index (κ1) is 18.4. The Hall–Kier alpha value is -2.96. The maximum Gasteiger partial charge on any atom is 0.319 e. The lowest BCUT2D eigenvalue weighted by molar-refractivity contribution is 0.101. The predicted octanol–water partition coefficient (Wildman–Crippen LogP) is 2.83. The molecule has 1 aromatic carbocycles. The highest BCUT2D eigenvalue weighted by Crippen LogP contribution is 2.26. The number of benzene rings is 1. The standard InChI is InChI=1S/C18H22N4O3/c1-4-25-17-6-5-14(13(3)23)10-16(17)22-18(24)21-12(2)9-15-11-19-7-8-20-15/h5-8,10-12H,4,9H2,1-3H3,(H2,21,22,24)/t12-/m0/s1. The van der Waals surface area contributed by atoms with E-state index in [0.29, 0.717) is 30.0 Å². The van der Waals surface area contributed by atoms with Crippen molar-refractivity contribution in [3.63, 3.8) is 0 Å². The smallest absolute Gasteiger partial charge is 0.319 e. The van der Waals surface area contributed by atoms with Gasteiger partial charge in [-0.1, -0.05) is 0 Å². The molecule has 0 saturated carbocycles. The molecule has 132 valence electrons. The summed E-state index contributed by atoms with van der Waals surface area (Å²) in [4.78, 5) is 32.0. The number of anilines is 1. The molecule has 2 rings (SSSR count). The number of carbonyl (C=O) groups is 2. The number of nitrogens with one attached hydrogen (secondary N) is 2. The van der Waals surface area contributed by atoms with Gasteiger partial charge >= 0.3 is 6.03 Å². The Bertz CT molecular complexity index is 734. The topological polar surface area (TPSA) is 93.2 Å². The average Bonchev–Trinajstić information content (AvgIpc) is 2.57.